The minimum atomic E-state index is -0.213. The van der Waals surface area contributed by atoms with Crippen molar-refractivity contribution in [2.75, 3.05) is 19.7 Å². The van der Waals surface area contributed by atoms with Gasteiger partial charge >= 0.3 is 0 Å². The van der Waals surface area contributed by atoms with Crippen molar-refractivity contribution in [1.29, 1.82) is 0 Å². The van der Waals surface area contributed by atoms with Crippen LogP contribution in [0.4, 0.5) is 0 Å². The molecule has 1 aliphatic heterocycles. The van der Waals surface area contributed by atoms with Crippen molar-refractivity contribution in [1.82, 2.24) is 20.1 Å². The first-order chi connectivity index (χ1) is 10.9. The van der Waals surface area contributed by atoms with Crippen LogP contribution in [0.1, 0.15) is 57.8 Å². The second-order valence-electron chi connectivity index (χ2n) is 7.46. The molecule has 3 rings (SSSR count). The molecule has 0 unspecified atom stereocenters. The Balaban J connectivity index is 1.62. The number of nitrogens with one attached hydrogen (secondary N) is 1. The zero-order valence-electron chi connectivity index (χ0n) is 14.2. The fourth-order valence-electron chi connectivity index (χ4n) is 3.01. The van der Waals surface area contributed by atoms with Gasteiger partial charge in [-0.05, 0) is 18.8 Å². The number of ether oxygens (including phenoxy) is 1. The van der Waals surface area contributed by atoms with E-state index in [1.165, 1.54) is 0 Å². The number of H-pyrrole nitrogens is 1. The highest BCUT2D eigenvalue weighted by molar-refractivity contribution is 5.76. The van der Waals surface area contributed by atoms with Gasteiger partial charge in [-0.3, -0.25) is 9.89 Å². The maximum Gasteiger partial charge on any atom is 0.223 e. The summed E-state index contributed by atoms with van der Waals surface area (Å²) < 4.78 is 5.80. The third-order valence-electron chi connectivity index (χ3n) is 4.45. The lowest BCUT2D eigenvalue weighted by molar-refractivity contribution is -0.140. The number of allylic oxidation sites excluding steroid dienone is 2. The van der Waals surface area contributed by atoms with Gasteiger partial charge in [-0.25, -0.2) is 4.98 Å². The van der Waals surface area contributed by atoms with Crippen LogP contribution in [0.25, 0.3) is 0 Å². The Morgan fingerprint density at radius 3 is 2.96 bits per heavy atom. The SMILES string of the molecule is CC(C)(C)c1n[nH]c([C@@H]2CN(C(=O)C[C@H]3C=CCC3)CCO2)n1. The molecule has 0 bridgehead atoms. The maximum absolute atomic E-state index is 12.5. The van der Waals surface area contributed by atoms with Crippen molar-refractivity contribution >= 4 is 5.91 Å². The van der Waals surface area contributed by atoms with Gasteiger partial charge in [0.2, 0.25) is 5.91 Å². The molecule has 1 aromatic heterocycles. The van der Waals surface area contributed by atoms with Crippen molar-refractivity contribution in [2.45, 2.75) is 51.6 Å². The maximum atomic E-state index is 12.5. The summed E-state index contributed by atoms with van der Waals surface area (Å²) in [5, 5.41) is 7.27. The number of aromatic nitrogens is 3. The topological polar surface area (TPSA) is 71.1 Å². The molecule has 2 aliphatic rings. The van der Waals surface area contributed by atoms with Crippen LogP contribution >= 0.6 is 0 Å². The molecule has 1 aliphatic carbocycles. The van der Waals surface area contributed by atoms with E-state index in [-0.39, 0.29) is 17.4 Å². The summed E-state index contributed by atoms with van der Waals surface area (Å²) in [5.74, 6) is 2.11. The number of hydrogen-bond acceptors (Lipinski definition) is 4. The fraction of sp³-hybridized carbons (Fsp3) is 0.706. The molecule has 2 atom stereocenters. The predicted octanol–water partition coefficient (Wildman–Crippen LogP) is 2.36. The van der Waals surface area contributed by atoms with Gasteiger partial charge in [0.05, 0.1) is 13.2 Å². The summed E-state index contributed by atoms with van der Waals surface area (Å²) in [6, 6.07) is 0. The normalized spacial score (nSPS) is 25.1. The van der Waals surface area contributed by atoms with E-state index >= 15 is 0 Å². The average molecular weight is 318 g/mol. The molecule has 1 saturated heterocycles. The lowest BCUT2D eigenvalue weighted by Crippen LogP contribution is -2.43. The highest BCUT2D eigenvalue weighted by Crippen LogP contribution is 2.25. The van der Waals surface area contributed by atoms with E-state index in [1.807, 2.05) is 4.90 Å². The van der Waals surface area contributed by atoms with Crippen LogP contribution in [-0.4, -0.2) is 45.7 Å². The minimum Gasteiger partial charge on any atom is -0.367 e. The monoisotopic (exact) mass is 318 g/mol. The summed E-state index contributed by atoms with van der Waals surface area (Å²) in [5.41, 5.74) is -0.103. The van der Waals surface area contributed by atoms with Crippen LogP contribution in [0.2, 0.25) is 0 Å². The molecule has 0 spiro atoms. The largest absolute Gasteiger partial charge is 0.367 e. The van der Waals surface area contributed by atoms with E-state index in [0.29, 0.717) is 37.9 Å². The predicted molar refractivity (Wildman–Crippen MR) is 86.8 cm³/mol. The Hall–Kier alpha value is -1.69. The Morgan fingerprint density at radius 2 is 2.30 bits per heavy atom. The second-order valence-corrected chi connectivity index (χ2v) is 7.46. The highest BCUT2D eigenvalue weighted by Gasteiger charge is 2.30. The number of nitrogens with zero attached hydrogens (tertiary/aromatic N) is 3. The van der Waals surface area contributed by atoms with Gasteiger partial charge in [-0.1, -0.05) is 32.9 Å². The zero-order chi connectivity index (χ0) is 16.4. The van der Waals surface area contributed by atoms with Gasteiger partial charge in [0.1, 0.15) is 6.10 Å². The first kappa shape index (κ1) is 16.2. The minimum absolute atomic E-state index is 0.103. The van der Waals surface area contributed by atoms with E-state index in [0.717, 1.165) is 18.7 Å². The molecule has 6 heteroatoms. The number of morpholine rings is 1. The van der Waals surface area contributed by atoms with Gasteiger partial charge < -0.3 is 9.64 Å². The van der Waals surface area contributed by atoms with Gasteiger partial charge in [-0.15, -0.1) is 0 Å². The van der Waals surface area contributed by atoms with E-state index in [1.54, 1.807) is 0 Å². The number of carbonyl (C=O) groups excluding carboxylic acids is 1. The third-order valence-corrected chi connectivity index (χ3v) is 4.45. The van der Waals surface area contributed by atoms with Crippen LogP contribution < -0.4 is 0 Å². The summed E-state index contributed by atoms with van der Waals surface area (Å²) in [4.78, 5) is 18.9. The number of aromatic amines is 1. The van der Waals surface area contributed by atoms with Crippen molar-refractivity contribution in [3.05, 3.63) is 23.8 Å². The summed E-state index contributed by atoms with van der Waals surface area (Å²) >= 11 is 0. The van der Waals surface area contributed by atoms with Gasteiger partial charge in [-0.2, -0.15) is 5.10 Å². The number of carbonyl (C=O) groups is 1. The fourth-order valence-corrected chi connectivity index (χ4v) is 3.01. The smallest absolute Gasteiger partial charge is 0.223 e. The molecule has 1 aromatic rings. The molecule has 23 heavy (non-hydrogen) atoms. The lowest BCUT2D eigenvalue weighted by Gasteiger charge is -2.32. The molecule has 1 amide bonds. The second kappa shape index (κ2) is 6.43. The van der Waals surface area contributed by atoms with Gasteiger partial charge in [0, 0.05) is 18.4 Å². The molecule has 126 valence electrons. The Bertz CT molecular complexity index is 588. The van der Waals surface area contributed by atoms with Crippen LogP contribution in [0.3, 0.4) is 0 Å². The molecular weight excluding hydrogens is 292 g/mol. The molecule has 1 fully saturated rings. The van der Waals surface area contributed by atoms with Gasteiger partial charge in [0.25, 0.3) is 0 Å². The lowest BCUT2D eigenvalue weighted by atomic mass is 9.96. The zero-order valence-corrected chi connectivity index (χ0v) is 14.2. The molecule has 0 aromatic carbocycles. The first-order valence-corrected chi connectivity index (χ1v) is 8.42. The molecule has 6 nitrogen and oxygen atoms in total. The number of hydrogen-bond donors (Lipinski definition) is 1. The number of rotatable bonds is 3. The van der Waals surface area contributed by atoms with Crippen LogP contribution in [0.15, 0.2) is 12.2 Å². The van der Waals surface area contributed by atoms with Gasteiger partial charge in [0.15, 0.2) is 11.6 Å². The van der Waals surface area contributed by atoms with Crippen molar-refractivity contribution in [3.8, 4) is 0 Å². The first-order valence-electron chi connectivity index (χ1n) is 8.42. The highest BCUT2D eigenvalue weighted by atomic mass is 16.5. The van der Waals surface area contributed by atoms with Crippen LogP contribution in [-0.2, 0) is 14.9 Å². The van der Waals surface area contributed by atoms with E-state index < -0.39 is 0 Å². The Labute approximate surface area is 137 Å². The summed E-state index contributed by atoms with van der Waals surface area (Å²) in [7, 11) is 0. The molecule has 1 N–H and O–H groups in total. The quantitative estimate of drug-likeness (QED) is 0.869. The van der Waals surface area contributed by atoms with Crippen LogP contribution in [0, 0.1) is 5.92 Å². The molecule has 0 saturated carbocycles. The standard InChI is InChI=1S/C17H26N4O2/c1-17(2,3)16-18-15(19-20-16)13-11-21(8-9-23-13)14(22)10-12-6-4-5-7-12/h4,6,12-13H,5,7-11H2,1-3H3,(H,18,19,20)/t12-,13-/m0/s1. The Kier molecular flexibility index (Phi) is 4.53. The molecular formula is C17H26N4O2. The average Bonchev–Trinajstić information content (AvgIpc) is 3.18. The Morgan fingerprint density at radius 1 is 1.48 bits per heavy atom. The molecule has 2 heterocycles. The van der Waals surface area contributed by atoms with E-state index in [4.69, 9.17) is 4.74 Å². The number of amides is 1. The van der Waals surface area contributed by atoms with E-state index in [9.17, 15) is 4.79 Å². The summed E-state index contributed by atoms with van der Waals surface area (Å²) in [6.07, 6.45) is 6.92. The summed E-state index contributed by atoms with van der Waals surface area (Å²) in [6.45, 7) is 7.98. The van der Waals surface area contributed by atoms with Crippen molar-refractivity contribution < 1.29 is 9.53 Å². The van der Waals surface area contributed by atoms with Crippen molar-refractivity contribution in [2.24, 2.45) is 5.92 Å². The van der Waals surface area contributed by atoms with Crippen LogP contribution in [0.5, 0.6) is 0 Å². The van der Waals surface area contributed by atoms with Crippen molar-refractivity contribution in [3.63, 3.8) is 0 Å². The third kappa shape index (κ3) is 3.80. The van der Waals surface area contributed by atoms with E-state index in [2.05, 4.69) is 48.1 Å². The molecule has 0 radical (unpaired) electrons.